The molecule has 1 amide bonds. The lowest BCUT2D eigenvalue weighted by Gasteiger charge is -2.26. The molecule has 0 spiro atoms. The Bertz CT molecular complexity index is 528. The first-order valence-electron chi connectivity index (χ1n) is 7.59. The summed E-state index contributed by atoms with van der Waals surface area (Å²) in [5, 5.41) is 12.6. The van der Waals surface area contributed by atoms with Gasteiger partial charge in [-0.2, -0.15) is 13.2 Å². The zero-order chi connectivity index (χ0) is 16.9. The van der Waals surface area contributed by atoms with Gasteiger partial charge in [-0.15, -0.1) is 0 Å². The Hall–Kier alpha value is -1.60. The van der Waals surface area contributed by atoms with E-state index in [9.17, 15) is 23.1 Å². The normalized spacial score (nSPS) is 17.7. The largest absolute Gasteiger partial charge is 0.416 e. The molecule has 7 heteroatoms. The maximum atomic E-state index is 12.6. The second-order valence-electron chi connectivity index (χ2n) is 5.64. The molecule has 128 valence electrons. The summed E-state index contributed by atoms with van der Waals surface area (Å²) in [6, 6.07) is 4.28. The number of ether oxygens (including phenoxy) is 1. The minimum absolute atomic E-state index is 0.0413. The number of benzene rings is 1. The number of aliphatic hydroxyl groups excluding tert-OH is 1. The van der Waals surface area contributed by atoms with Crippen LogP contribution in [0.2, 0.25) is 0 Å². The van der Waals surface area contributed by atoms with Crippen LogP contribution in [0.1, 0.15) is 35.2 Å². The predicted molar refractivity (Wildman–Crippen MR) is 77.9 cm³/mol. The van der Waals surface area contributed by atoms with Crippen LogP contribution in [0.3, 0.4) is 0 Å². The number of hydrogen-bond donors (Lipinski definition) is 2. The minimum Gasteiger partial charge on any atom is -0.393 e. The molecule has 0 radical (unpaired) electrons. The van der Waals surface area contributed by atoms with Gasteiger partial charge in [0, 0.05) is 25.3 Å². The van der Waals surface area contributed by atoms with E-state index >= 15 is 0 Å². The molecule has 23 heavy (non-hydrogen) atoms. The first kappa shape index (κ1) is 17.7. The lowest BCUT2D eigenvalue weighted by atomic mass is 9.92. The summed E-state index contributed by atoms with van der Waals surface area (Å²) < 4.78 is 43.1. The molecule has 1 aromatic carbocycles. The van der Waals surface area contributed by atoms with Crippen molar-refractivity contribution in [2.45, 2.75) is 31.5 Å². The number of hydrogen-bond acceptors (Lipinski definition) is 3. The van der Waals surface area contributed by atoms with Crippen LogP contribution in [0.5, 0.6) is 0 Å². The molecule has 1 aliphatic heterocycles. The molecule has 4 nitrogen and oxygen atoms in total. The van der Waals surface area contributed by atoms with E-state index in [2.05, 4.69) is 5.32 Å². The molecule has 0 unspecified atom stereocenters. The van der Waals surface area contributed by atoms with Gasteiger partial charge < -0.3 is 15.2 Å². The highest BCUT2D eigenvalue weighted by Crippen LogP contribution is 2.29. The lowest BCUT2D eigenvalue weighted by molar-refractivity contribution is -0.137. The molecule has 0 aliphatic carbocycles. The van der Waals surface area contributed by atoms with E-state index in [0.29, 0.717) is 19.6 Å². The third kappa shape index (κ3) is 5.21. The van der Waals surface area contributed by atoms with Gasteiger partial charge in [0.15, 0.2) is 0 Å². The van der Waals surface area contributed by atoms with Crippen LogP contribution >= 0.6 is 0 Å². The minimum atomic E-state index is -4.48. The number of amides is 1. The number of rotatable bonds is 5. The lowest BCUT2D eigenvalue weighted by Crippen LogP contribution is -2.32. The number of halogens is 3. The Morgan fingerprint density at radius 3 is 2.70 bits per heavy atom. The molecule has 0 saturated carbocycles. The predicted octanol–water partition coefficient (Wildman–Crippen LogP) is 2.61. The Kier molecular flexibility index (Phi) is 6.01. The molecule has 1 saturated heterocycles. The van der Waals surface area contributed by atoms with Gasteiger partial charge in [0.1, 0.15) is 0 Å². The quantitative estimate of drug-likeness (QED) is 0.872. The van der Waals surface area contributed by atoms with E-state index in [-0.39, 0.29) is 18.0 Å². The van der Waals surface area contributed by atoms with Crippen LogP contribution < -0.4 is 5.32 Å². The second kappa shape index (κ2) is 7.79. The van der Waals surface area contributed by atoms with Crippen molar-refractivity contribution in [3.63, 3.8) is 0 Å². The third-order valence-corrected chi connectivity index (χ3v) is 3.99. The van der Waals surface area contributed by atoms with Gasteiger partial charge in [-0.05, 0) is 43.4 Å². The maximum Gasteiger partial charge on any atom is 0.416 e. The van der Waals surface area contributed by atoms with Crippen molar-refractivity contribution >= 4 is 5.91 Å². The van der Waals surface area contributed by atoms with Crippen molar-refractivity contribution in [3.05, 3.63) is 35.4 Å². The fraction of sp³-hybridized carbons (Fsp3) is 0.562. The fourth-order valence-electron chi connectivity index (χ4n) is 2.61. The van der Waals surface area contributed by atoms with Crippen LogP contribution in [0.15, 0.2) is 24.3 Å². The number of carbonyl (C=O) groups excluding carboxylic acids is 1. The van der Waals surface area contributed by atoms with Gasteiger partial charge in [-0.1, -0.05) is 6.07 Å². The summed E-state index contributed by atoms with van der Waals surface area (Å²) >= 11 is 0. The number of aliphatic hydroxyl groups is 1. The summed E-state index contributed by atoms with van der Waals surface area (Å²) in [6.07, 6.45) is -3.09. The van der Waals surface area contributed by atoms with Gasteiger partial charge in [0.25, 0.3) is 5.91 Å². The summed E-state index contributed by atoms with van der Waals surface area (Å²) in [6.45, 7) is 1.46. The van der Waals surface area contributed by atoms with Gasteiger partial charge >= 0.3 is 6.18 Å². The molecule has 0 bridgehead atoms. The monoisotopic (exact) mass is 331 g/mol. The molecule has 2 rings (SSSR count). The van der Waals surface area contributed by atoms with E-state index < -0.39 is 23.8 Å². The Labute approximate surface area is 132 Å². The molecular weight excluding hydrogens is 311 g/mol. The van der Waals surface area contributed by atoms with E-state index in [1.54, 1.807) is 0 Å². The van der Waals surface area contributed by atoms with Crippen molar-refractivity contribution in [3.8, 4) is 0 Å². The number of nitrogens with one attached hydrogen (secondary N) is 1. The second-order valence-corrected chi connectivity index (χ2v) is 5.64. The van der Waals surface area contributed by atoms with Crippen molar-refractivity contribution in [2.24, 2.45) is 5.92 Å². The topological polar surface area (TPSA) is 58.6 Å². The SMILES string of the molecule is O=C(NCC[C@@H](O)C1CCOCC1)c1cccc(C(F)(F)F)c1. The van der Waals surface area contributed by atoms with Gasteiger partial charge in [0.05, 0.1) is 11.7 Å². The third-order valence-electron chi connectivity index (χ3n) is 3.99. The number of carbonyl (C=O) groups is 1. The smallest absolute Gasteiger partial charge is 0.393 e. The highest BCUT2D eigenvalue weighted by molar-refractivity contribution is 5.94. The first-order chi connectivity index (χ1) is 10.9. The summed E-state index contributed by atoms with van der Waals surface area (Å²) in [4.78, 5) is 11.9. The summed E-state index contributed by atoms with van der Waals surface area (Å²) in [5.74, 6) is -0.426. The zero-order valence-corrected chi connectivity index (χ0v) is 12.6. The standard InChI is InChI=1S/C16H20F3NO3/c17-16(18,19)13-3-1-2-12(10-13)15(22)20-7-4-14(21)11-5-8-23-9-6-11/h1-3,10-11,14,21H,4-9H2,(H,20,22)/t14-/m1/s1. The van der Waals surface area contributed by atoms with Crippen LogP contribution in [0, 0.1) is 5.92 Å². The molecule has 1 atom stereocenters. The zero-order valence-electron chi connectivity index (χ0n) is 12.6. The van der Waals surface area contributed by atoms with Gasteiger partial charge in [-0.25, -0.2) is 0 Å². The number of alkyl halides is 3. The summed E-state index contributed by atoms with van der Waals surface area (Å²) in [5.41, 5.74) is -0.896. The van der Waals surface area contributed by atoms with Crippen LogP contribution in [0.25, 0.3) is 0 Å². The van der Waals surface area contributed by atoms with E-state index in [0.717, 1.165) is 25.0 Å². The highest BCUT2D eigenvalue weighted by atomic mass is 19.4. The molecular formula is C16H20F3NO3. The molecule has 1 aliphatic rings. The van der Waals surface area contributed by atoms with Gasteiger partial charge in [-0.3, -0.25) is 4.79 Å². The average Bonchev–Trinajstić information content (AvgIpc) is 2.54. The van der Waals surface area contributed by atoms with Crippen LogP contribution in [-0.2, 0) is 10.9 Å². The Morgan fingerprint density at radius 2 is 2.04 bits per heavy atom. The fourth-order valence-corrected chi connectivity index (χ4v) is 2.61. The van der Waals surface area contributed by atoms with Crippen molar-refractivity contribution < 1.29 is 27.8 Å². The average molecular weight is 331 g/mol. The maximum absolute atomic E-state index is 12.6. The van der Waals surface area contributed by atoms with Gasteiger partial charge in [0.2, 0.25) is 0 Å². The summed E-state index contributed by atoms with van der Waals surface area (Å²) in [7, 11) is 0. The van der Waals surface area contributed by atoms with Crippen LogP contribution in [-0.4, -0.2) is 36.9 Å². The molecule has 1 heterocycles. The van der Waals surface area contributed by atoms with Crippen LogP contribution in [0.4, 0.5) is 13.2 Å². The molecule has 0 aromatic heterocycles. The Balaban J connectivity index is 1.82. The molecule has 1 fully saturated rings. The van der Waals surface area contributed by atoms with E-state index in [4.69, 9.17) is 4.74 Å². The van der Waals surface area contributed by atoms with Crippen molar-refractivity contribution in [1.29, 1.82) is 0 Å². The van der Waals surface area contributed by atoms with Crippen molar-refractivity contribution in [1.82, 2.24) is 5.32 Å². The van der Waals surface area contributed by atoms with E-state index in [1.807, 2.05) is 0 Å². The molecule has 1 aromatic rings. The Morgan fingerprint density at radius 1 is 1.35 bits per heavy atom. The molecule has 2 N–H and O–H groups in total. The first-order valence-corrected chi connectivity index (χ1v) is 7.59. The highest BCUT2D eigenvalue weighted by Gasteiger charge is 2.30. The van der Waals surface area contributed by atoms with Crippen molar-refractivity contribution in [2.75, 3.05) is 19.8 Å². The van der Waals surface area contributed by atoms with E-state index in [1.165, 1.54) is 12.1 Å².